The first kappa shape index (κ1) is 15.2. The van der Waals surface area contributed by atoms with Crippen molar-refractivity contribution in [3.63, 3.8) is 0 Å². The highest BCUT2D eigenvalue weighted by atomic mass is 32.2. The van der Waals surface area contributed by atoms with Crippen molar-refractivity contribution in [2.75, 3.05) is 18.8 Å². The van der Waals surface area contributed by atoms with Crippen LogP contribution in [0.4, 0.5) is 0 Å². The molecule has 0 N–H and O–H groups in total. The summed E-state index contributed by atoms with van der Waals surface area (Å²) >= 11 is 3.54. The first-order valence-corrected chi connectivity index (χ1v) is 9.63. The smallest absolute Gasteiger partial charge is 0.254 e. The number of pyridine rings is 1. The first-order valence-electron chi connectivity index (χ1n) is 7.70. The second kappa shape index (κ2) is 6.26. The molecule has 4 nitrogen and oxygen atoms in total. The summed E-state index contributed by atoms with van der Waals surface area (Å²) in [5.41, 5.74) is 1.98. The van der Waals surface area contributed by atoms with E-state index in [1.165, 1.54) is 0 Å². The highest BCUT2D eigenvalue weighted by Crippen LogP contribution is 2.46. The predicted molar refractivity (Wildman–Crippen MR) is 92.8 cm³/mol. The van der Waals surface area contributed by atoms with Crippen molar-refractivity contribution in [3.8, 4) is 0 Å². The van der Waals surface area contributed by atoms with E-state index in [1.807, 2.05) is 45.6 Å². The minimum atomic E-state index is 0.165. The molecule has 4 rings (SSSR count). The van der Waals surface area contributed by atoms with Crippen molar-refractivity contribution in [2.24, 2.45) is 0 Å². The fourth-order valence-electron chi connectivity index (χ4n) is 3.18. The molecule has 1 spiro atoms. The molecule has 0 radical (unpaired) electrons. The lowest BCUT2D eigenvalue weighted by Crippen LogP contribution is -2.60. The molecular formula is C17H18N2O2S2. The average molecular weight is 346 g/mol. The molecule has 120 valence electrons. The van der Waals surface area contributed by atoms with Crippen molar-refractivity contribution in [1.82, 2.24) is 9.88 Å². The highest BCUT2D eigenvalue weighted by Gasteiger charge is 2.51. The SMILES string of the molecule is O=C(c1ccsc1)N1CC2(C[C@@H](OCc3ccncc3)CS2)C1. The molecule has 2 aliphatic rings. The fourth-order valence-corrected chi connectivity index (χ4v) is 5.37. The van der Waals surface area contributed by atoms with Crippen molar-refractivity contribution < 1.29 is 9.53 Å². The molecule has 23 heavy (non-hydrogen) atoms. The van der Waals surface area contributed by atoms with E-state index in [0.29, 0.717) is 6.61 Å². The van der Waals surface area contributed by atoms with E-state index < -0.39 is 0 Å². The van der Waals surface area contributed by atoms with Crippen LogP contribution in [0.15, 0.2) is 41.4 Å². The maximum Gasteiger partial charge on any atom is 0.254 e. The Kier molecular flexibility index (Phi) is 4.13. The first-order chi connectivity index (χ1) is 11.2. The van der Waals surface area contributed by atoms with Crippen LogP contribution >= 0.6 is 23.1 Å². The molecule has 4 heterocycles. The summed E-state index contributed by atoms with van der Waals surface area (Å²) in [5.74, 6) is 1.18. The summed E-state index contributed by atoms with van der Waals surface area (Å²) < 4.78 is 6.25. The van der Waals surface area contributed by atoms with Gasteiger partial charge in [0.05, 0.1) is 23.0 Å². The van der Waals surface area contributed by atoms with Crippen LogP contribution in [-0.4, -0.2) is 45.5 Å². The molecule has 0 saturated carbocycles. The number of carbonyl (C=O) groups excluding carboxylic acids is 1. The van der Waals surface area contributed by atoms with Gasteiger partial charge >= 0.3 is 0 Å². The number of hydrogen-bond donors (Lipinski definition) is 0. The normalized spacial score (nSPS) is 22.3. The van der Waals surface area contributed by atoms with E-state index in [9.17, 15) is 4.79 Å². The van der Waals surface area contributed by atoms with Crippen LogP contribution in [0.25, 0.3) is 0 Å². The van der Waals surface area contributed by atoms with E-state index in [-0.39, 0.29) is 16.8 Å². The number of amides is 1. The molecule has 6 heteroatoms. The zero-order chi connectivity index (χ0) is 15.7. The van der Waals surface area contributed by atoms with Gasteiger partial charge in [-0.1, -0.05) is 0 Å². The summed E-state index contributed by atoms with van der Waals surface area (Å²) in [7, 11) is 0. The maximum absolute atomic E-state index is 12.3. The maximum atomic E-state index is 12.3. The summed E-state index contributed by atoms with van der Waals surface area (Å²) in [6.45, 7) is 2.34. The minimum absolute atomic E-state index is 0.165. The van der Waals surface area contributed by atoms with Crippen LogP contribution in [0.5, 0.6) is 0 Å². The number of thioether (sulfide) groups is 1. The third-order valence-corrected chi connectivity index (χ3v) is 6.68. The summed E-state index contributed by atoms with van der Waals surface area (Å²) in [6.07, 6.45) is 4.91. The Morgan fingerprint density at radius 3 is 2.91 bits per heavy atom. The molecule has 0 aliphatic carbocycles. The number of thiophene rings is 1. The lowest BCUT2D eigenvalue weighted by molar-refractivity contribution is 0.0255. The van der Waals surface area contributed by atoms with Gasteiger partial charge in [0.25, 0.3) is 5.91 Å². The molecule has 1 amide bonds. The highest BCUT2D eigenvalue weighted by molar-refractivity contribution is 8.01. The molecule has 0 aromatic carbocycles. The molecular weight excluding hydrogens is 328 g/mol. The van der Waals surface area contributed by atoms with Gasteiger partial charge in [-0.05, 0) is 35.6 Å². The molecule has 2 fully saturated rings. The van der Waals surface area contributed by atoms with Crippen molar-refractivity contribution in [3.05, 3.63) is 52.5 Å². The Morgan fingerprint density at radius 2 is 2.17 bits per heavy atom. The Hall–Kier alpha value is -1.37. The third-order valence-electron chi connectivity index (χ3n) is 4.42. The van der Waals surface area contributed by atoms with Gasteiger partial charge < -0.3 is 9.64 Å². The Labute approximate surface area is 143 Å². The molecule has 2 aromatic rings. The zero-order valence-electron chi connectivity index (χ0n) is 12.7. The largest absolute Gasteiger partial charge is 0.373 e. The number of rotatable bonds is 4. The Bertz CT molecular complexity index is 669. The van der Waals surface area contributed by atoms with Crippen LogP contribution in [-0.2, 0) is 11.3 Å². The van der Waals surface area contributed by atoms with Gasteiger partial charge in [-0.2, -0.15) is 11.3 Å². The van der Waals surface area contributed by atoms with Gasteiger partial charge in [0, 0.05) is 36.6 Å². The lowest BCUT2D eigenvalue weighted by atomic mass is 9.92. The molecule has 2 saturated heterocycles. The average Bonchev–Trinajstić information content (AvgIpc) is 3.22. The monoisotopic (exact) mass is 346 g/mol. The Balaban J connectivity index is 1.27. The fraction of sp³-hybridized carbons (Fsp3) is 0.412. The number of aromatic nitrogens is 1. The number of ether oxygens (including phenoxy) is 1. The van der Waals surface area contributed by atoms with Crippen molar-refractivity contribution in [1.29, 1.82) is 0 Å². The number of nitrogens with zero attached hydrogens (tertiary/aromatic N) is 2. The van der Waals surface area contributed by atoms with Gasteiger partial charge in [-0.3, -0.25) is 9.78 Å². The summed E-state index contributed by atoms with van der Waals surface area (Å²) in [5, 5.41) is 3.88. The quantitative estimate of drug-likeness (QED) is 0.853. The molecule has 1 atom stereocenters. The van der Waals surface area contributed by atoms with Crippen LogP contribution in [0.2, 0.25) is 0 Å². The van der Waals surface area contributed by atoms with Crippen LogP contribution in [0.3, 0.4) is 0 Å². The second-order valence-electron chi connectivity index (χ2n) is 6.16. The summed E-state index contributed by atoms with van der Waals surface area (Å²) in [6, 6.07) is 5.88. The van der Waals surface area contributed by atoms with Gasteiger partial charge in [-0.25, -0.2) is 0 Å². The van der Waals surface area contributed by atoms with Crippen LogP contribution in [0, 0.1) is 0 Å². The van der Waals surface area contributed by atoms with E-state index >= 15 is 0 Å². The predicted octanol–water partition coefficient (Wildman–Crippen LogP) is 3.06. The lowest BCUT2D eigenvalue weighted by Gasteiger charge is -2.47. The summed E-state index contributed by atoms with van der Waals surface area (Å²) in [4.78, 5) is 18.3. The number of carbonyl (C=O) groups is 1. The third kappa shape index (κ3) is 3.16. The van der Waals surface area contributed by atoms with E-state index in [1.54, 1.807) is 23.7 Å². The van der Waals surface area contributed by atoms with Crippen LogP contribution in [0.1, 0.15) is 22.3 Å². The topological polar surface area (TPSA) is 42.4 Å². The zero-order valence-corrected chi connectivity index (χ0v) is 14.3. The standard InChI is InChI=1S/C17H18N2O2S2/c20-16(14-3-6-22-9-14)19-11-17(12-19)7-15(10-23-17)21-8-13-1-4-18-5-2-13/h1-6,9,15H,7-8,10-12H2/t15-/m1/s1. The van der Waals surface area contributed by atoms with Crippen LogP contribution < -0.4 is 0 Å². The van der Waals surface area contributed by atoms with E-state index in [4.69, 9.17) is 4.74 Å². The molecule has 2 aliphatic heterocycles. The van der Waals surface area contributed by atoms with Gasteiger partial charge in [-0.15, -0.1) is 11.8 Å². The van der Waals surface area contributed by atoms with E-state index in [0.717, 1.165) is 36.4 Å². The van der Waals surface area contributed by atoms with Crippen molar-refractivity contribution >= 4 is 29.0 Å². The second-order valence-corrected chi connectivity index (χ2v) is 8.43. The Morgan fingerprint density at radius 1 is 1.35 bits per heavy atom. The van der Waals surface area contributed by atoms with Crippen molar-refractivity contribution in [2.45, 2.75) is 23.9 Å². The number of likely N-dealkylation sites (tertiary alicyclic amines) is 1. The van der Waals surface area contributed by atoms with E-state index in [2.05, 4.69) is 4.98 Å². The molecule has 2 aromatic heterocycles. The number of hydrogen-bond acceptors (Lipinski definition) is 5. The molecule has 0 unspecified atom stereocenters. The molecule has 0 bridgehead atoms. The van der Waals surface area contributed by atoms with Gasteiger partial charge in [0.1, 0.15) is 0 Å². The minimum Gasteiger partial charge on any atom is -0.373 e. The van der Waals surface area contributed by atoms with Gasteiger partial charge in [0.15, 0.2) is 0 Å². The van der Waals surface area contributed by atoms with Gasteiger partial charge in [0.2, 0.25) is 0 Å².